The van der Waals surface area contributed by atoms with Crippen molar-refractivity contribution in [2.45, 2.75) is 65.2 Å². The van der Waals surface area contributed by atoms with Crippen molar-refractivity contribution in [3.63, 3.8) is 0 Å². The Morgan fingerprint density at radius 2 is 1.00 bits per heavy atom. The first-order chi connectivity index (χ1) is 12.9. The fourth-order valence-corrected chi connectivity index (χ4v) is 2.58. The number of hydrogen-bond donors (Lipinski definition) is 0. The Kier molecular flexibility index (Phi) is 15.0. The zero-order valence-corrected chi connectivity index (χ0v) is 16.8. The van der Waals surface area contributed by atoms with Gasteiger partial charge in [-0.05, 0) is 25.0 Å². The molecule has 0 spiro atoms. The van der Waals surface area contributed by atoms with E-state index in [9.17, 15) is 0 Å². The molecule has 1 aromatic rings. The van der Waals surface area contributed by atoms with Crippen molar-refractivity contribution in [2.75, 3.05) is 39.6 Å². The van der Waals surface area contributed by atoms with Crippen LogP contribution in [0.25, 0.3) is 0 Å². The van der Waals surface area contributed by atoms with E-state index in [1.165, 1.54) is 38.5 Å². The standard InChI is InChI=1S/C22H38O4/c1-3-5-7-11-15-23-17-19-25-21-13-9-10-14-22(21)26-20-18-24-16-12-8-6-4-2/h9-10,13-14H,3-8,11-12,15-20H2,1-2H3. The van der Waals surface area contributed by atoms with Gasteiger partial charge < -0.3 is 18.9 Å². The van der Waals surface area contributed by atoms with Crippen molar-refractivity contribution in [1.82, 2.24) is 0 Å². The van der Waals surface area contributed by atoms with Crippen molar-refractivity contribution >= 4 is 0 Å². The maximum Gasteiger partial charge on any atom is 0.161 e. The number of ether oxygens (including phenoxy) is 4. The maximum atomic E-state index is 5.80. The van der Waals surface area contributed by atoms with Gasteiger partial charge in [0.05, 0.1) is 13.2 Å². The maximum absolute atomic E-state index is 5.80. The summed E-state index contributed by atoms with van der Waals surface area (Å²) in [6.07, 6.45) is 9.83. The highest BCUT2D eigenvalue weighted by Crippen LogP contribution is 2.26. The molecule has 26 heavy (non-hydrogen) atoms. The van der Waals surface area contributed by atoms with Gasteiger partial charge in [-0.25, -0.2) is 0 Å². The summed E-state index contributed by atoms with van der Waals surface area (Å²) in [4.78, 5) is 0. The Morgan fingerprint density at radius 1 is 0.538 bits per heavy atom. The summed E-state index contributed by atoms with van der Waals surface area (Å²) < 4.78 is 22.8. The van der Waals surface area contributed by atoms with E-state index in [0.29, 0.717) is 26.4 Å². The van der Waals surface area contributed by atoms with Crippen molar-refractivity contribution in [2.24, 2.45) is 0 Å². The fourth-order valence-electron chi connectivity index (χ4n) is 2.58. The van der Waals surface area contributed by atoms with Gasteiger partial charge in [-0.15, -0.1) is 0 Å². The monoisotopic (exact) mass is 366 g/mol. The van der Waals surface area contributed by atoms with Gasteiger partial charge >= 0.3 is 0 Å². The van der Waals surface area contributed by atoms with Gasteiger partial charge in [0, 0.05) is 13.2 Å². The molecule has 0 N–H and O–H groups in total. The second-order valence-electron chi connectivity index (χ2n) is 6.49. The van der Waals surface area contributed by atoms with Gasteiger partial charge in [-0.1, -0.05) is 64.5 Å². The Labute approximate surface area is 160 Å². The van der Waals surface area contributed by atoms with Gasteiger partial charge in [0.25, 0.3) is 0 Å². The smallest absolute Gasteiger partial charge is 0.161 e. The molecule has 0 radical (unpaired) electrons. The molecule has 0 heterocycles. The van der Waals surface area contributed by atoms with Gasteiger partial charge in [-0.3, -0.25) is 0 Å². The number of rotatable bonds is 18. The van der Waals surface area contributed by atoms with E-state index in [1.807, 2.05) is 24.3 Å². The molecule has 0 aliphatic rings. The predicted molar refractivity (Wildman–Crippen MR) is 107 cm³/mol. The highest BCUT2D eigenvalue weighted by molar-refractivity contribution is 5.39. The largest absolute Gasteiger partial charge is 0.487 e. The summed E-state index contributed by atoms with van der Waals surface area (Å²) in [5, 5.41) is 0. The Bertz CT molecular complexity index is 383. The highest BCUT2D eigenvalue weighted by Gasteiger charge is 2.04. The van der Waals surface area contributed by atoms with Crippen molar-refractivity contribution in [3.05, 3.63) is 24.3 Å². The molecule has 1 rings (SSSR count). The molecular formula is C22H38O4. The first kappa shape index (κ1) is 22.8. The number of para-hydroxylation sites is 2. The van der Waals surface area contributed by atoms with E-state index in [4.69, 9.17) is 18.9 Å². The van der Waals surface area contributed by atoms with Crippen molar-refractivity contribution in [1.29, 1.82) is 0 Å². The Balaban J connectivity index is 2.10. The first-order valence-corrected chi connectivity index (χ1v) is 10.4. The average Bonchev–Trinajstić information content (AvgIpc) is 2.67. The van der Waals surface area contributed by atoms with Gasteiger partial charge in [0.2, 0.25) is 0 Å². The summed E-state index contributed by atoms with van der Waals surface area (Å²) in [5.41, 5.74) is 0. The molecule has 0 aliphatic heterocycles. The second kappa shape index (κ2) is 17.2. The fraction of sp³-hybridized carbons (Fsp3) is 0.727. The lowest BCUT2D eigenvalue weighted by Gasteiger charge is -2.13. The van der Waals surface area contributed by atoms with Gasteiger partial charge in [0.1, 0.15) is 13.2 Å². The van der Waals surface area contributed by atoms with Crippen LogP contribution in [0.15, 0.2) is 24.3 Å². The minimum absolute atomic E-state index is 0.544. The zero-order valence-electron chi connectivity index (χ0n) is 16.8. The molecule has 0 amide bonds. The van der Waals surface area contributed by atoms with Crippen molar-refractivity contribution < 1.29 is 18.9 Å². The van der Waals surface area contributed by atoms with Crippen LogP contribution >= 0.6 is 0 Å². The highest BCUT2D eigenvalue weighted by atomic mass is 16.6. The summed E-state index contributed by atoms with van der Waals surface area (Å²) >= 11 is 0. The van der Waals surface area contributed by atoms with Crippen LogP contribution < -0.4 is 9.47 Å². The minimum Gasteiger partial charge on any atom is -0.487 e. The minimum atomic E-state index is 0.544. The lowest BCUT2D eigenvalue weighted by molar-refractivity contribution is 0.0884. The lowest BCUT2D eigenvalue weighted by atomic mass is 10.2. The summed E-state index contributed by atoms with van der Waals surface area (Å²) in [6.45, 7) is 8.38. The Morgan fingerprint density at radius 3 is 1.42 bits per heavy atom. The molecule has 0 aliphatic carbocycles. The van der Waals surface area contributed by atoms with Gasteiger partial charge in [-0.2, -0.15) is 0 Å². The molecule has 0 atom stereocenters. The van der Waals surface area contributed by atoms with Crippen LogP contribution in [0.2, 0.25) is 0 Å². The third-order valence-electron chi connectivity index (χ3n) is 4.10. The third kappa shape index (κ3) is 12.2. The lowest BCUT2D eigenvalue weighted by Crippen LogP contribution is -2.10. The zero-order chi connectivity index (χ0) is 18.7. The quantitative estimate of drug-likeness (QED) is 0.315. The molecule has 0 bridgehead atoms. The summed E-state index contributed by atoms with van der Waals surface area (Å²) in [7, 11) is 0. The van der Waals surface area contributed by atoms with E-state index in [1.54, 1.807) is 0 Å². The molecule has 1 aromatic carbocycles. The number of benzene rings is 1. The van der Waals surface area contributed by atoms with Crippen molar-refractivity contribution in [3.8, 4) is 11.5 Å². The molecule has 0 fully saturated rings. The van der Waals surface area contributed by atoms with Gasteiger partial charge in [0.15, 0.2) is 11.5 Å². The van der Waals surface area contributed by atoms with Crippen LogP contribution in [0.5, 0.6) is 11.5 Å². The Hall–Kier alpha value is -1.26. The van der Waals surface area contributed by atoms with Crippen LogP contribution in [0.3, 0.4) is 0 Å². The second-order valence-corrected chi connectivity index (χ2v) is 6.49. The molecule has 4 heteroatoms. The van der Waals surface area contributed by atoms with Crippen LogP contribution in [-0.4, -0.2) is 39.6 Å². The number of hydrogen-bond acceptors (Lipinski definition) is 4. The van der Waals surface area contributed by atoms with Crippen LogP contribution in [0, 0.1) is 0 Å². The van der Waals surface area contributed by atoms with Crippen LogP contribution in [-0.2, 0) is 9.47 Å². The van der Waals surface area contributed by atoms with Crippen LogP contribution in [0.4, 0.5) is 0 Å². The van der Waals surface area contributed by atoms with E-state index in [-0.39, 0.29) is 0 Å². The van der Waals surface area contributed by atoms with E-state index >= 15 is 0 Å². The molecule has 0 saturated heterocycles. The molecule has 0 aromatic heterocycles. The molecule has 150 valence electrons. The molecular weight excluding hydrogens is 328 g/mol. The van der Waals surface area contributed by atoms with E-state index in [0.717, 1.165) is 37.6 Å². The molecule has 0 unspecified atom stereocenters. The topological polar surface area (TPSA) is 36.9 Å². The number of unbranched alkanes of at least 4 members (excludes halogenated alkanes) is 6. The predicted octanol–water partition coefficient (Wildman–Crippen LogP) is 5.64. The van der Waals surface area contributed by atoms with E-state index in [2.05, 4.69) is 13.8 Å². The summed E-state index contributed by atoms with van der Waals surface area (Å²) in [5.74, 6) is 1.54. The normalized spacial score (nSPS) is 10.8. The molecule has 0 saturated carbocycles. The van der Waals surface area contributed by atoms with Crippen LogP contribution in [0.1, 0.15) is 65.2 Å². The van der Waals surface area contributed by atoms with E-state index < -0.39 is 0 Å². The third-order valence-corrected chi connectivity index (χ3v) is 4.10. The first-order valence-electron chi connectivity index (χ1n) is 10.4. The molecule has 4 nitrogen and oxygen atoms in total. The average molecular weight is 367 g/mol. The SMILES string of the molecule is CCCCCCOCCOc1ccccc1OCCOCCCCCC. The summed E-state index contributed by atoms with van der Waals surface area (Å²) in [6, 6.07) is 7.78.